The van der Waals surface area contributed by atoms with Crippen molar-refractivity contribution in [1.29, 1.82) is 0 Å². The largest absolute Gasteiger partial charge is 0.478 e. The second-order valence-corrected chi connectivity index (χ2v) is 9.40. The van der Waals surface area contributed by atoms with E-state index in [4.69, 9.17) is 9.47 Å². The fourth-order valence-corrected chi connectivity index (χ4v) is 5.94. The van der Waals surface area contributed by atoms with E-state index in [1.807, 2.05) is 80.6 Å². The molecular formula is C26H23BrO4. The van der Waals surface area contributed by atoms with Crippen molar-refractivity contribution in [1.82, 2.24) is 0 Å². The number of rotatable bonds is 4. The van der Waals surface area contributed by atoms with Crippen LogP contribution in [0.3, 0.4) is 0 Å². The molecule has 1 saturated carbocycles. The summed E-state index contributed by atoms with van der Waals surface area (Å²) < 4.78 is 13.3. The lowest BCUT2D eigenvalue weighted by atomic mass is 9.70. The minimum atomic E-state index is -1.53. The van der Waals surface area contributed by atoms with Crippen molar-refractivity contribution >= 4 is 22.4 Å². The topological polar surface area (TPSA) is 55.8 Å². The van der Waals surface area contributed by atoms with Crippen molar-refractivity contribution in [2.45, 2.75) is 43.5 Å². The summed E-state index contributed by atoms with van der Waals surface area (Å²) >= 11 is 3.51. The summed E-state index contributed by atoms with van der Waals surface area (Å²) in [5.41, 5.74) is 1.88. The smallest absolute Gasteiger partial charge is 0.293 e. The van der Waals surface area contributed by atoms with E-state index in [0.29, 0.717) is 24.2 Å². The highest BCUT2D eigenvalue weighted by atomic mass is 79.9. The number of ether oxygens (including phenoxy) is 2. The summed E-state index contributed by atoms with van der Waals surface area (Å²) in [4.78, 5) is 11.5. The Morgan fingerprint density at radius 1 is 1.10 bits per heavy atom. The molecule has 5 rings (SSSR count). The van der Waals surface area contributed by atoms with Crippen LogP contribution in [0.25, 0.3) is 0 Å². The SMILES string of the molecule is Cc1cc(C)c2c(c1)O[C@@]1(c3ccc(Br)cc3)[C@H](c3ccccc3)C[C@@H](OC=O)[C@@]21O. The Balaban J connectivity index is 1.84. The van der Waals surface area contributed by atoms with Crippen LogP contribution in [0.15, 0.2) is 71.2 Å². The Hall–Kier alpha value is -2.63. The molecule has 3 aromatic carbocycles. The second-order valence-electron chi connectivity index (χ2n) is 8.49. The summed E-state index contributed by atoms with van der Waals surface area (Å²) in [6.45, 7) is 4.41. The molecule has 5 heteroatoms. The average molecular weight is 479 g/mol. The van der Waals surface area contributed by atoms with Gasteiger partial charge in [0.2, 0.25) is 0 Å². The highest BCUT2D eigenvalue weighted by Crippen LogP contribution is 2.67. The quantitative estimate of drug-likeness (QED) is 0.518. The van der Waals surface area contributed by atoms with Gasteiger partial charge in [0, 0.05) is 16.0 Å². The van der Waals surface area contributed by atoms with E-state index >= 15 is 0 Å². The Morgan fingerprint density at radius 2 is 1.81 bits per heavy atom. The van der Waals surface area contributed by atoms with Gasteiger partial charge in [-0.25, -0.2) is 0 Å². The summed E-state index contributed by atoms with van der Waals surface area (Å²) in [6.07, 6.45) is -0.302. The van der Waals surface area contributed by atoms with Gasteiger partial charge in [0.25, 0.3) is 6.47 Å². The third-order valence-electron chi connectivity index (χ3n) is 6.76. The molecule has 158 valence electrons. The predicted molar refractivity (Wildman–Crippen MR) is 121 cm³/mol. The average Bonchev–Trinajstić information content (AvgIpc) is 3.15. The van der Waals surface area contributed by atoms with Crippen LogP contribution in [0, 0.1) is 13.8 Å². The molecule has 4 atom stereocenters. The number of hydrogen-bond acceptors (Lipinski definition) is 4. The first-order valence-corrected chi connectivity index (χ1v) is 11.1. The van der Waals surface area contributed by atoms with Gasteiger partial charge in [0.05, 0.1) is 0 Å². The van der Waals surface area contributed by atoms with Gasteiger partial charge >= 0.3 is 0 Å². The van der Waals surface area contributed by atoms with E-state index in [9.17, 15) is 9.90 Å². The zero-order valence-corrected chi connectivity index (χ0v) is 18.9. The molecule has 31 heavy (non-hydrogen) atoms. The molecule has 0 aromatic heterocycles. The maximum atomic E-state index is 12.5. The first-order chi connectivity index (χ1) is 14.9. The van der Waals surface area contributed by atoms with E-state index in [1.165, 1.54) is 0 Å². The third-order valence-corrected chi connectivity index (χ3v) is 7.29. The molecule has 1 fully saturated rings. The maximum Gasteiger partial charge on any atom is 0.293 e. The van der Waals surface area contributed by atoms with Crippen molar-refractivity contribution in [3.63, 3.8) is 0 Å². The monoisotopic (exact) mass is 478 g/mol. The van der Waals surface area contributed by atoms with Crippen molar-refractivity contribution < 1.29 is 19.4 Å². The van der Waals surface area contributed by atoms with E-state index in [1.54, 1.807) is 0 Å². The van der Waals surface area contributed by atoms with E-state index in [-0.39, 0.29) is 5.92 Å². The number of fused-ring (bicyclic) bond motifs is 3. The molecule has 2 aliphatic rings. The Bertz CT molecular complexity index is 1140. The molecule has 1 aliphatic carbocycles. The number of carbonyl (C=O) groups is 1. The fourth-order valence-electron chi connectivity index (χ4n) is 5.68. The van der Waals surface area contributed by atoms with E-state index < -0.39 is 17.3 Å². The van der Waals surface area contributed by atoms with Gasteiger partial charge in [0.1, 0.15) is 11.9 Å². The van der Waals surface area contributed by atoms with Crippen molar-refractivity contribution in [3.05, 3.63) is 99.0 Å². The number of carbonyl (C=O) groups excluding carboxylic acids is 1. The summed E-state index contributed by atoms with van der Waals surface area (Å²) in [5, 5.41) is 12.5. The highest BCUT2D eigenvalue weighted by molar-refractivity contribution is 9.10. The van der Waals surface area contributed by atoms with Gasteiger partial charge in [-0.2, -0.15) is 0 Å². The lowest BCUT2D eigenvalue weighted by Crippen LogP contribution is -2.52. The van der Waals surface area contributed by atoms with Crippen LogP contribution in [-0.2, 0) is 20.7 Å². The maximum absolute atomic E-state index is 12.5. The lowest BCUT2D eigenvalue weighted by molar-refractivity contribution is -0.171. The van der Waals surface area contributed by atoms with Crippen molar-refractivity contribution in [2.75, 3.05) is 0 Å². The molecule has 0 bridgehead atoms. The van der Waals surface area contributed by atoms with Crippen LogP contribution in [0.2, 0.25) is 0 Å². The molecule has 3 aromatic rings. The number of halogens is 1. The minimum absolute atomic E-state index is 0.225. The van der Waals surface area contributed by atoms with Crippen LogP contribution < -0.4 is 4.74 Å². The first-order valence-electron chi connectivity index (χ1n) is 10.3. The number of aryl methyl sites for hydroxylation is 2. The number of benzene rings is 3. The van der Waals surface area contributed by atoms with E-state index in [2.05, 4.69) is 15.9 Å². The van der Waals surface area contributed by atoms with Gasteiger partial charge < -0.3 is 14.6 Å². The molecule has 1 N–H and O–H groups in total. The molecular weight excluding hydrogens is 456 g/mol. The molecule has 1 heterocycles. The van der Waals surface area contributed by atoms with Gasteiger partial charge in [0.15, 0.2) is 11.2 Å². The highest BCUT2D eigenvalue weighted by Gasteiger charge is 2.74. The molecule has 0 unspecified atom stereocenters. The van der Waals surface area contributed by atoms with Crippen molar-refractivity contribution in [2.24, 2.45) is 0 Å². The zero-order chi connectivity index (χ0) is 21.8. The predicted octanol–water partition coefficient (Wildman–Crippen LogP) is 5.27. The van der Waals surface area contributed by atoms with Gasteiger partial charge in [-0.3, -0.25) is 4.79 Å². The molecule has 0 spiro atoms. The zero-order valence-electron chi connectivity index (χ0n) is 17.3. The van der Waals surface area contributed by atoms with Gasteiger partial charge in [-0.1, -0.05) is 64.5 Å². The third kappa shape index (κ3) is 2.73. The van der Waals surface area contributed by atoms with Crippen molar-refractivity contribution in [3.8, 4) is 5.75 Å². The molecule has 4 nitrogen and oxygen atoms in total. The Morgan fingerprint density at radius 3 is 2.48 bits per heavy atom. The summed E-state index contributed by atoms with van der Waals surface area (Å²) in [7, 11) is 0. The first kappa shape index (κ1) is 20.3. The molecule has 1 aliphatic heterocycles. The summed E-state index contributed by atoms with van der Waals surface area (Å²) in [6, 6.07) is 21.8. The number of hydrogen-bond donors (Lipinski definition) is 1. The normalized spacial score (nSPS) is 28.5. The van der Waals surface area contributed by atoms with Crippen LogP contribution in [0.1, 0.15) is 40.2 Å². The summed E-state index contributed by atoms with van der Waals surface area (Å²) in [5.74, 6) is 0.417. The van der Waals surface area contributed by atoms with Gasteiger partial charge in [-0.15, -0.1) is 0 Å². The Kier molecular flexibility index (Phi) is 4.72. The molecule has 0 saturated heterocycles. The Labute approximate surface area is 190 Å². The van der Waals surface area contributed by atoms with Crippen LogP contribution in [-0.4, -0.2) is 17.7 Å². The second kappa shape index (κ2) is 7.21. The standard InChI is InChI=1S/C26H23BrO4/c1-16-12-17(2)24-22(13-16)31-26(19-8-10-20(27)11-9-19)21(18-6-4-3-5-7-18)14-23(30-15-28)25(24,26)29/h3-13,15,21,23,29H,14H2,1-2H3/t21-,23+,25+,26-/m0/s1. The van der Waals surface area contributed by atoms with Crippen LogP contribution >= 0.6 is 15.9 Å². The van der Waals surface area contributed by atoms with Crippen LogP contribution in [0.4, 0.5) is 0 Å². The fraction of sp³-hybridized carbons (Fsp3) is 0.269. The molecule has 0 amide bonds. The van der Waals surface area contributed by atoms with E-state index in [0.717, 1.165) is 26.7 Å². The lowest BCUT2D eigenvalue weighted by Gasteiger charge is -2.41. The van der Waals surface area contributed by atoms with Gasteiger partial charge in [-0.05, 0) is 60.7 Å². The minimum Gasteiger partial charge on any atom is -0.478 e. The van der Waals surface area contributed by atoms with Crippen LogP contribution in [0.5, 0.6) is 5.75 Å². The molecule has 0 radical (unpaired) electrons. The number of aliphatic hydroxyl groups is 1.